The number of benzene rings is 1. The van der Waals surface area contributed by atoms with Crippen molar-refractivity contribution in [3.8, 4) is 0 Å². The van der Waals surface area contributed by atoms with Crippen molar-refractivity contribution in [2.24, 2.45) is 5.84 Å². The molecule has 0 fully saturated rings. The van der Waals surface area contributed by atoms with Gasteiger partial charge >= 0.3 is 0 Å². The monoisotopic (exact) mass is 286 g/mol. The number of rotatable bonds is 5. The van der Waals surface area contributed by atoms with Crippen LogP contribution in [0.3, 0.4) is 0 Å². The van der Waals surface area contributed by atoms with Crippen molar-refractivity contribution in [1.29, 1.82) is 0 Å². The van der Waals surface area contributed by atoms with E-state index in [1.807, 2.05) is 10.9 Å². The molecule has 1 atom stereocenters. The summed E-state index contributed by atoms with van der Waals surface area (Å²) >= 11 is 0. The van der Waals surface area contributed by atoms with Crippen LogP contribution in [-0.2, 0) is 12.0 Å². The molecule has 114 valence electrons. The highest BCUT2D eigenvalue weighted by molar-refractivity contribution is 5.33. The van der Waals surface area contributed by atoms with Gasteiger partial charge in [-0.2, -0.15) is 5.10 Å². The molecular formula is C17H26N4. The zero-order valence-electron chi connectivity index (χ0n) is 13.4. The van der Waals surface area contributed by atoms with Gasteiger partial charge < -0.3 is 0 Å². The van der Waals surface area contributed by atoms with E-state index in [2.05, 4.69) is 68.7 Å². The van der Waals surface area contributed by atoms with Gasteiger partial charge in [-0.3, -0.25) is 10.5 Å². The van der Waals surface area contributed by atoms with Gasteiger partial charge in [0.05, 0.1) is 12.2 Å². The highest BCUT2D eigenvalue weighted by atomic mass is 15.3. The van der Waals surface area contributed by atoms with E-state index in [-0.39, 0.29) is 11.5 Å². The molecule has 4 nitrogen and oxygen atoms in total. The lowest BCUT2D eigenvalue weighted by molar-refractivity contribution is 0.587. The number of nitrogens with two attached hydrogens (primary N) is 1. The average molecular weight is 286 g/mol. The standard InChI is InChI=1S/C17H26N4/c1-5-10-21-12-14(11-19-21)16(20-18)13-6-8-15(9-7-13)17(2,3)4/h6-9,11-12,16,20H,5,10,18H2,1-4H3. The molecule has 21 heavy (non-hydrogen) atoms. The Labute approximate surface area is 127 Å². The van der Waals surface area contributed by atoms with Crippen LogP contribution in [0.4, 0.5) is 0 Å². The molecular weight excluding hydrogens is 260 g/mol. The predicted octanol–water partition coefficient (Wildman–Crippen LogP) is 3.14. The molecule has 0 aliphatic rings. The van der Waals surface area contributed by atoms with Crippen molar-refractivity contribution >= 4 is 0 Å². The third kappa shape index (κ3) is 3.71. The summed E-state index contributed by atoms with van der Waals surface area (Å²) in [6.07, 6.45) is 5.02. The molecule has 1 unspecified atom stereocenters. The minimum Gasteiger partial charge on any atom is -0.272 e. The molecule has 0 aliphatic carbocycles. The van der Waals surface area contributed by atoms with Gasteiger partial charge in [0.25, 0.3) is 0 Å². The van der Waals surface area contributed by atoms with Gasteiger partial charge in [0.1, 0.15) is 0 Å². The van der Waals surface area contributed by atoms with Crippen molar-refractivity contribution < 1.29 is 0 Å². The topological polar surface area (TPSA) is 55.9 Å². The van der Waals surface area contributed by atoms with Crippen LogP contribution in [0.1, 0.15) is 56.8 Å². The van der Waals surface area contributed by atoms with E-state index in [4.69, 9.17) is 5.84 Å². The summed E-state index contributed by atoms with van der Waals surface area (Å²) in [5, 5.41) is 4.38. The summed E-state index contributed by atoms with van der Waals surface area (Å²) in [4.78, 5) is 0. The highest BCUT2D eigenvalue weighted by Crippen LogP contribution is 2.26. The molecule has 0 saturated heterocycles. The number of nitrogens with zero attached hydrogens (tertiary/aromatic N) is 2. The lowest BCUT2D eigenvalue weighted by atomic mass is 9.86. The van der Waals surface area contributed by atoms with Crippen molar-refractivity contribution in [3.63, 3.8) is 0 Å². The van der Waals surface area contributed by atoms with Gasteiger partial charge in [-0.15, -0.1) is 0 Å². The average Bonchev–Trinajstić information content (AvgIpc) is 2.88. The van der Waals surface area contributed by atoms with Crippen molar-refractivity contribution in [1.82, 2.24) is 15.2 Å². The van der Waals surface area contributed by atoms with Gasteiger partial charge in [-0.25, -0.2) is 5.43 Å². The van der Waals surface area contributed by atoms with Crippen LogP contribution in [0.5, 0.6) is 0 Å². The van der Waals surface area contributed by atoms with E-state index in [1.54, 1.807) is 0 Å². The maximum Gasteiger partial charge on any atom is 0.0740 e. The second-order valence-corrected chi connectivity index (χ2v) is 6.51. The van der Waals surface area contributed by atoms with E-state index in [0.29, 0.717) is 0 Å². The molecule has 2 aromatic rings. The molecule has 0 saturated carbocycles. The normalized spacial score (nSPS) is 13.4. The first-order valence-corrected chi connectivity index (χ1v) is 7.54. The summed E-state index contributed by atoms with van der Waals surface area (Å²) in [5.74, 6) is 5.76. The smallest absolute Gasteiger partial charge is 0.0740 e. The first-order chi connectivity index (χ1) is 9.95. The molecule has 0 bridgehead atoms. The Morgan fingerprint density at radius 2 is 1.86 bits per heavy atom. The Morgan fingerprint density at radius 1 is 1.19 bits per heavy atom. The largest absolute Gasteiger partial charge is 0.272 e. The quantitative estimate of drug-likeness (QED) is 0.656. The number of aromatic nitrogens is 2. The molecule has 0 spiro atoms. The van der Waals surface area contributed by atoms with Crippen molar-refractivity contribution in [2.75, 3.05) is 0 Å². The van der Waals surface area contributed by atoms with Gasteiger partial charge in [0, 0.05) is 18.3 Å². The lowest BCUT2D eigenvalue weighted by Crippen LogP contribution is -2.28. The Kier molecular flexibility index (Phi) is 4.80. The molecule has 1 aromatic heterocycles. The number of hydrogen-bond acceptors (Lipinski definition) is 3. The second kappa shape index (κ2) is 6.41. The Morgan fingerprint density at radius 3 is 2.38 bits per heavy atom. The summed E-state index contributed by atoms with van der Waals surface area (Å²) in [6.45, 7) is 9.73. The fourth-order valence-corrected chi connectivity index (χ4v) is 2.44. The van der Waals surface area contributed by atoms with Crippen LogP contribution >= 0.6 is 0 Å². The SMILES string of the molecule is CCCn1cc(C(NN)c2ccc(C(C)(C)C)cc2)cn1. The van der Waals surface area contributed by atoms with Gasteiger partial charge in [0.15, 0.2) is 0 Å². The number of nitrogens with one attached hydrogen (secondary N) is 1. The number of aryl methyl sites for hydroxylation is 1. The Balaban J connectivity index is 2.24. The van der Waals surface area contributed by atoms with Gasteiger partial charge in [-0.1, -0.05) is 52.0 Å². The van der Waals surface area contributed by atoms with Crippen molar-refractivity contribution in [3.05, 3.63) is 53.3 Å². The molecule has 2 rings (SSSR count). The molecule has 1 heterocycles. The molecule has 0 aliphatic heterocycles. The van der Waals surface area contributed by atoms with Crippen LogP contribution in [-0.4, -0.2) is 9.78 Å². The van der Waals surface area contributed by atoms with E-state index >= 15 is 0 Å². The number of hydrogen-bond donors (Lipinski definition) is 2. The minimum absolute atomic E-state index is 0.0235. The highest BCUT2D eigenvalue weighted by Gasteiger charge is 2.17. The maximum absolute atomic E-state index is 5.76. The first kappa shape index (κ1) is 15.7. The summed E-state index contributed by atoms with van der Waals surface area (Å²) < 4.78 is 1.96. The van der Waals surface area contributed by atoms with Crippen LogP contribution in [0.25, 0.3) is 0 Å². The van der Waals surface area contributed by atoms with Crippen LogP contribution in [0, 0.1) is 0 Å². The van der Waals surface area contributed by atoms with E-state index in [9.17, 15) is 0 Å². The Hall–Kier alpha value is -1.65. The van der Waals surface area contributed by atoms with Crippen molar-refractivity contribution in [2.45, 2.75) is 52.1 Å². The van der Waals surface area contributed by atoms with E-state index < -0.39 is 0 Å². The van der Waals surface area contributed by atoms with Gasteiger partial charge in [-0.05, 0) is 23.0 Å². The molecule has 1 aromatic carbocycles. The predicted molar refractivity (Wildman–Crippen MR) is 86.8 cm³/mol. The molecule has 0 radical (unpaired) electrons. The van der Waals surface area contributed by atoms with E-state index in [0.717, 1.165) is 24.1 Å². The zero-order valence-corrected chi connectivity index (χ0v) is 13.4. The lowest BCUT2D eigenvalue weighted by Gasteiger charge is -2.21. The van der Waals surface area contributed by atoms with Crippen LogP contribution in [0.15, 0.2) is 36.7 Å². The van der Waals surface area contributed by atoms with Crippen LogP contribution < -0.4 is 11.3 Å². The third-order valence-corrected chi connectivity index (χ3v) is 3.72. The fourth-order valence-electron chi connectivity index (χ4n) is 2.44. The molecule has 3 N–H and O–H groups in total. The maximum atomic E-state index is 5.76. The van der Waals surface area contributed by atoms with Gasteiger partial charge in [0.2, 0.25) is 0 Å². The summed E-state index contributed by atoms with van der Waals surface area (Å²) in [6, 6.07) is 8.61. The van der Waals surface area contributed by atoms with E-state index in [1.165, 1.54) is 5.56 Å². The minimum atomic E-state index is -0.0235. The number of hydrazine groups is 1. The zero-order chi connectivity index (χ0) is 15.5. The summed E-state index contributed by atoms with van der Waals surface area (Å²) in [7, 11) is 0. The molecule has 4 heteroatoms. The fraction of sp³-hybridized carbons (Fsp3) is 0.471. The first-order valence-electron chi connectivity index (χ1n) is 7.54. The second-order valence-electron chi connectivity index (χ2n) is 6.51. The van der Waals surface area contributed by atoms with Crippen LogP contribution in [0.2, 0.25) is 0 Å². The third-order valence-electron chi connectivity index (χ3n) is 3.72. The Bertz CT molecular complexity index is 563. The molecule has 0 amide bonds. The summed E-state index contributed by atoms with van der Waals surface area (Å²) in [5.41, 5.74) is 6.63.